The minimum absolute atomic E-state index is 0.174. The molecular formula is C10H17N5O. The number of rotatable bonds is 2. The number of carbonyl (C=O) groups is 1. The standard InChI is InChI=1S/C10H17N5O/c1-14-4-2-3-7(5-14)15-6-8(11)9(13-15)10(12)16/h6-7H,2-5,11H2,1H3,(H2,12,16). The van der Waals surface area contributed by atoms with Crippen molar-refractivity contribution in [2.24, 2.45) is 5.73 Å². The maximum atomic E-state index is 11.0. The fourth-order valence-corrected chi connectivity index (χ4v) is 2.14. The first-order valence-corrected chi connectivity index (χ1v) is 5.41. The lowest BCUT2D eigenvalue weighted by atomic mass is 10.1. The number of nitrogen functional groups attached to an aromatic ring is 1. The molecule has 2 heterocycles. The Labute approximate surface area is 94.2 Å². The van der Waals surface area contributed by atoms with Crippen LogP contribution in [0.2, 0.25) is 0 Å². The Bertz CT molecular complexity index is 400. The quantitative estimate of drug-likeness (QED) is 0.728. The molecule has 0 radical (unpaired) electrons. The molecule has 1 aromatic heterocycles. The highest BCUT2D eigenvalue weighted by molar-refractivity contribution is 5.95. The van der Waals surface area contributed by atoms with Gasteiger partial charge in [-0.3, -0.25) is 9.48 Å². The van der Waals surface area contributed by atoms with Crippen molar-refractivity contribution in [2.45, 2.75) is 18.9 Å². The molecule has 1 aliphatic rings. The fraction of sp³-hybridized carbons (Fsp3) is 0.600. The van der Waals surface area contributed by atoms with E-state index in [9.17, 15) is 4.79 Å². The van der Waals surface area contributed by atoms with E-state index in [4.69, 9.17) is 11.5 Å². The molecule has 0 aliphatic carbocycles. The third kappa shape index (κ3) is 2.01. The molecule has 2 rings (SSSR count). The molecule has 0 spiro atoms. The monoisotopic (exact) mass is 223 g/mol. The van der Waals surface area contributed by atoms with Crippen molar-refractivity contribution in [3.8, 4) is 0 Å². The number of anilines is 1. The van der Waals surface area contributed by atoms with E-state index in [2.05, 4.69) is 17.0 Å². The van der Waals surface area contributed by atoms with E-state index in [1.54, 1.807) is 10.9 Å². The molecule has 1 atom stereocenters. The number of amides is 1. The number of likely N-dealkylation sites (N-methyl/N-ethyl adjacent to an activating group) is 1. The molecule has 1 unspecified atom stereocenters. The lowest BCUT2D eigenvalue weighted by Crippen LogP contribution is -2.33. The number of likely N-dealkylation sites (tertiary alicyclic amines) is 1. The van der Waals surface area contributed by atoms with Crippen molar-refractivity contribution in [1.82, 2.24) is 14.7 Å². The van der Waals surface area contributed by atoms with Gasteiger partial charge in [0, 0.05) is 12.7 Å². The van der Waals surface area contributed by atoms with Gasteiger partial charge in [-0.05, 0) is 26.4 Å². The molecule has 0 aromatic carbocycles. The van der Waals surface area contributed by atoms with E-state index in [0.29, 0.717) is 5.69 Å². The van der Waals surface area contributed by atoms with Gasteiger partial charge in [0.25, 0.3) is 5.91 Å². The zero-order valence-corrected chi connectivity index (χ0v) is 9.39. The highest BCUT2D eigenvalue weighted by Crippen LogP contribution is 2.21. The SMILES string of the molecule is CN1CCCC(n2cc(N)c(C(N)=O)n2)C1. The van der Waals surface area contributed by atoms with Crippen LogP contribution in [0.1, 0.15) is 29.4 Å². The van der Waals surface area contributed by atoms with Gasteiger partial charge in [0.05, 0.1) is 11.7 Å². The van der Waals surface area contributed by atoms with Crippen molar-refractivity contribution in [3.63, 3.8) is 0 Å². The maximum absolute atomic E-state index is 11.0. The molecular weight excluding hydrogens is 206 g/mol. The summed E-state index contributed by atoms with van der Waals surface area (Å²) in [7, 11) is 2.08. The van der Waals surface area contributed by atoms with E-state index >= 15 is 0 Å². The lowest BCUT2D eigenvalue weighted by molar-refractivity contribution is 0.0994. The summed E-state index contributed by atoms with van der Waals surface area (Å²) >= 11 is 0. The van der Waals surface area contributed by atoms with Crippen LogP contribution in [0, 0.1) is 0 Å². The summed E-state index contributed by atoms with van der Waals surface area (Å²) in [5.41, 5.74) is 11.4. The van der Waals surface area contributed by atoms with Crippen LogP contribution in [0.25, 0.3) is 0 Å². The predicted octanol–water partition coefficient (Wildman–Crippen LogP) is -0.169. The third-order valence-corrected chi connectivity index (χ3v) is 2.97. The van der Waals surface area contributed by atoms with Gasteiger partial charge in [-0.1, -0.05) is 0 Å². The van der Waals surface area contributed by atoms with Gasteiger partial charge in [-0.2, -0.15) is 5.10 Å². The smallest absolute Gasteiger partial charge is 0.271 e. The van der Waals surface area contributed by atoms with Crippen molar-refractivity contribution >= 4 is 11.6 Å². The molecule has 1 aromatic rings. The molecule has 1 aliphatic heterocycles. The Morgan fingerprint density at radius 3 is 2.94 bits per heavy atom. The second-order valence-corrected chi connectivity index (χ2v) is 4.34. The van der Waals surface area contributed by atoms with Gasteiger partial charge in [0.2, 0.25) is 0 Å². The van der Waals surface area contributed by atoms with E-state index < -0.39 is 5.91 Å². The summed E-state index contributed by atoms with van der Waals surface area (Å²) in [6, 6.07) is 0.286. The number of carbonyl (C=O) groups excluding carboxylic acids is 1. The van der Waals surface area contributed by atoms with Crippen LogP contribution >= 0.6 is 0 Å². The molecule has 88 valence electrons. The summed E-state index contributed by atoms with van der Waals surface area (Å²) in [6.45, 7) is 2.04. The Morgan fingerprint density at radius 2 is 2.38 bits per heavy atom. The predicted molar refractivity (Wildman–Crippen MR) is 60.9 cm³/mol. The van der Waals surface area contributed by atoms with E-state index in [1.165, 1.54) is 0 Å². The van der Waals surface area contributed by atoms with E-state index in [-0.39, 0.29) is 11.7 Å². The van der Waals surface area contributed by atoms with Crippen LogP contribution in [0.5, 0.6) is 0 Å². The van der Waals surface area contributed by atoms with Crippen molar-refractivity contribution in [3.05, 3.63) is 11.9 Å². The van der Waals surface area contributed by atoms with Crippen LogP contribution < -0.4 is 11.5 Å². The molecule has 16 heavy (non-hydrogen) atoms. The average molecular weight is 223 g/mol. The first-order chi connectivity index (χ1) is 7.58. The van der Waals surface area contributed by atoms with Gasteiger partial charge in [-0.15, -0.1) is 0 Å². The first-order valence-electron chi connectivity index (χ1n) is 5.41. The Morgan fingerprint density at radius 1 is 1.62 bits per heavy atom. The van der Waals surface area contributed by atoms with Gasteiger partial charge in [0.15, 0.2) is 5.69 Å². The Kier molecular flexibility index (Phi) is 2.82. The number of piperidine rings is 1. The van der Waals surface area contributed by atoms with Crippen LogP contribution in [-0.2, 0) is 0 Å². The normalized spacial score (nSPS) is 22.2. The molecule has 1 amide bonds. The zero-order chi connectivity index (χ0) is 11.7. The molecule has 0 bridgehead atoms. The van der Waals surface area contributed by atoms with Gasteiger partial charge in [-0.25, -0.2) is 0 Å². The highest BCUT2D eigenvalue weighted by atomic mass is 16.1. The minimum Gasteiger partial charge on any atom is -0.396 e. The second kappa shape index (κ2) is 4.13. The fourth-order valence-electron chi connectivity index (χ4n) is 2.14. The largest absolute Gasteiger partial charge is 0.396 e. The summed E-state index contributed by atoms with van der Waals surface area (Å²) < 4.78 is 1.77. The number of nitrogens with two attached hydrogens (primary N) is 2. The molecule has 4 N–H and O–H groups in total. The maximum Gasteiger partial charge on any atom is 0.271 e. The van der Waals surface area contributed by atoms with Crippen LogP contribution in [0.3, 0.4) is 0 Å². The molecule has 6 heteroatoms. The van der Waals surface area contributed by atoms with Crippen LogP contribution in [0.15, 0.2) is 6.20 Å². The number of primary amides is 1. The Balaban J connectivity index is 2.20. The average Bonchev–Trinajstić information content (AvgIpc) is 2.60. The molecule has 1 fully saturated rings. The lowest BCUT2D eigenvalue weighted by Gasteiger charge is -2.29. The molecule has 0 saturated carbocycles. The number of hydrogen-bond donors (Lipinski definition) is 2. The van der Waals surface area contributed by atoms with Crippen LogP contribution in [0.4, 0.5) is 5.69 Å². The first kappa shape index (κ1) is 10.9. The summed E-state index contributed by atoms with van der Waals surface area (Å²) in [6.07, 6.45) is 3.89. The van der Waals surface area contributed by atoms with E-state index in [0.717, 1.165) is 25.9 Å². The second-order valence-electron chi connectivity index (χ2n) is 4.34. The van der Waals surface area contributed by atoms with Gasteiger partial charge < -0.3 is 16.4 Å². The summed E-state index contributed by atoms with van der Waals surface area (Å²) in [5, 5.41) is 4.16. The highest BCUT2D eigenvalue weighted by Gasteiger charge is 2.21. The zero-order valence-electron chi connectivity index (χ0n) is 9.39. The number of hydrogen-bond acceptors (Lipinski definition) is 4. The van der Waals surface area contributed by atoms with Crippen molar-refractivity contribution < 1.29 is 4.79 Å². The molecule has 6 nitrogen and oxygen atoms in total. The van der Waals surface area contributed by atoms with E-state index in [1.807, 2.05) is 0 Å². The van der Waals surface area contributed by atoms with Gasteiger partial charge >= 0.3 is 0 Å². The minimum atomic E-state index is -0.569. The summed E-state index contributed by atoms with van der Waals surface area (Å²) in [5.74, 6) is -0.569. The third-order valence-electron chi connectivity index (χ3n) is 2.97. The topological polar surface area (TPSA) is 90.2 Å². The van der Waals surface area contributed by atoms with Gasteiger partial charge in [0.1, 0.15) is 0 Å². The number of nitrogens with zero attached hydrogens (tertiary/aromatic N) is 3. The van der Waals surface area contributed by atoms with Crippen molar-refractivity contribution in [1.29, 1.82) is 0 Å². The van der Waals surface area contributed by atoms with Crippen molar-refractivity contribution in [2.75, 3.05) is 25.9 Å². The number of aromatic nitrogens is 2. The summed E-state index contributed by atoms with van der Waals surface area (Å²) in [4.78, 5) is 13.3. The molecule has 1 saturated heterocycles. The Hall–Kier alpha value is -1.56. The van der Waals surface area contributed by atoms with Crippen LogP contribution in [-0.4, -0.2) is 40.7 Å².